The molecule has 1 aromatic heterocycles. The molecule has 1 aliphatic carbocycles. The molecule has 1 unspecified atom stereocenters. The van der Waals surface area contributed by atoms with Crippen LogP contribution in [0.25, 0.3) is 11.1 Å². The molecular formula is C21H20N2O5. The summed E-state index contributed by atoms with van der Waals surface area (Å²) in [5.74, 6) is 1.08. The third kappa shape index (κ3) is 3.13. The quantitative estimate of drug-likeness (QED) is 0.736. The van der Waals surface area contributed by atoms with Gasteiger partial charge in [0.15, 0.2) is 17.1 Å². The Bertz CT molecular complexity index is 1100. The van der Waals surface area contributed by atoms with Gasteiger partial charge in [-0.3, -0.25) is 9.36 Å². The molecule has 0 spiro atoms. The predicted molar refractivity (Wildman–Crippen MR) is 102 cm³/mol. The lowest BCUT2D eigenvalue weighted by Gasteiger charge is -2.23. The molecule has 28 heavy (non-hydrogen) atoms. The second-order valence-electron chi connectivity index (χ2n) is 7.21. The molecule has 0 radical (unpaired) electrons. The average molecular weight is 380 g/mol. The van der Waals surface area contributed by atoms with Gasteiger partial charge in [-0.25, -0.2) is 4.79 Å². The van der Waals surface area contributed by atoms with Crippen LogP contribution in [0.3, 0.4) is 0 Å². The number of nitrogens with zero attached hydrogens (tertiary/aromatic N) is 1. The lowest BCUT2D eigenvalue weighted by molar-refractivity contribution is -0.122. The Hall–Kier alpha value is -3.22. The van der Waals surface area contributed by atoms with Crippen molar-refractivity contribution in [2.24, 2.45) is 5.92 Å². The van der Waals surface area contributed by atoms with Crippen LogP contribution in [-0.2, 0) is 11.3 Å². The highest BCUT2D eigenvalue weighted by molar-refractivity contribution is 5.80. The van der Waals surface area contributed by atoms with Crippen LogP contribution >= 0.6 is 0 Å². The number of para-hydroxylation sites is 2. The zero-order chi connectivity index (χ0) is 19.1. The van der Waals surface area contributed by atoms with Crippen molar-refractivity contribution in [1.29, 1.82) is 0 Å². The van der Waals surface area contributed by atoms with E-state index in [1.54, 1.807) is 18.2 Å². The van der Waals surface area contributed by atoms with Crippen LogP contribution in [0.1, 0.15) is 24.4 Å². The maximum atomic E-state index is 12.7. The molecule has 1 saturated carbocycles. The molecule has 1 amide bonds. The molecule has 1 fully saturated rings. The Labute approximate surface area is 160 Å². The van der Waals surface area contributed by atoms with Gasteiger partial charge in [-0.15, -0.1) is 0 Å². The molecule has 2 aromatic carbocycles. The molecule has 2 aliphatic rings. The predicted octanol–water partition coefficient (Wildman–Crippen LogP) is 2.63. The largest absolute Gasteiger partial charge is 0.486 e. The summed E-state index contributed by atoms with van der Waals surface area (Å²) in [5, 5.41) is 3.10. The Balaban J connectivity index is 1.38. The molecule has 1 aliphatic heterocycles. The third-order valence-corrected chi connectivity index (χ3v) is 5.21. The second kappa shape index (κ2) is 6.74. The number of fused-ring (bicyclic) bond motifs is 2. The van der Waals surface area contributed by atoms with Crippen molar-refractivity contribution in [3.05, 3.63) is 58.6 Å². The van der Waals surface area contributed by atoms with Crippen molar-refractivity contribution >= 4 is 17.0 Å². The van der Waals surface area contributed by atoms with Crippen molar-refractivity contribution in [1.82, 2.24) is 9.88 Å². The minimum Gasteiger partial charge on any atom is -0.486 e. The lowest BCUT2D eigenvalue weighted by Crippen LogP contribution is -2.34. The second-order valence-corrected chi connectivity index (χ2v) is 7.21. The maximum Gasteiger partial charge on any atom is 0.420 e. The van der Waals surface area contributed by atoms with E-state index in [9.17, 15) is 9.59 Å². The molecule has 5 rings (SSSR count). The number of hydrogen-bond donors (Lipinski definition) is 1. The van der Waals surface area contributed by atoms with Crippen LogP contribution in [0.4, 0.5) is 0 Å². The zero-order valence-corrected chi connectivity index (χ0v) is 15.2. The highest BCUT2D eigenvalue weighted by Crippen LogP contribution is 2.43. The normalized spacial score (nSPS) is 16.7. The van der Waals surface area contributed by atoms with Gasteiger partial charge in [-0.05, 0) is 48.6 Å². The number of oxazole rings is 1. The minimum atomic E-state index is -0.529. The first kappa shape index (κ1) is 16.9. The number of amides is 1. The smallest absolute Gasteiger partial charge is 0.420 e. The van der Waals surface area contributed by atoms with Gasteiger partial charge in [-0.1, -0.05) is 18.2 Å². The van der Waals surface area contributed by atoms with Gasteiger partial charge in [-0.2, -0.15) is 0 Å². The van der Waals surface area contributed by atoms with Crippen molar-refractivity contribution in [2.45, 2.75) is 25.4 Å². The van der Waals surface area contributed by atoms with E-state index in [1.165, 1.54) is 4.57 Å². The zero-order valence-electron chi connectivity index (χ0n) is 15.2. The van der Waals surface area contributed by atoms with Crippen molar-refractivity contribution in [2.75, 3.05) is 13.2 Å². The summed E-state index contributed by atoms with van der Waals surface area (Å²) in [4.78, 5) is 24.9. The van der Waals surface area contributed by atoms with E-state index in [2.05, 4.69) is 5.32 Å². The molecule has 1 N–H and O–H groups in total. The highest BCUT2D eigenvalue weighted by Gasteiger charge is 2.34. The van der Waals surface area contributed by atoms with E-state index in [4.69, 9.17) is 13.9 Å². The number of ether oxygens (including phenoxy) is 2. The summed E-state index contributed by atoms with van der Waals surface area (Å²) < 4.78 is 17.8. The van der Waals surface area contributed by atoms with Gasteiger partial charge in [0.25, 0.3) is 0 Å². The first-order valence-electron chi connectivity index (χ1n) is 9.46. The Kier molecular flexibility index (Phi) is 4.07. The molecular weight excluding hydrogens is 360 g/mol. The average Bonchev–Trinajstić information content (AvgIpc) is 3.51. The molecule has 1 atom stereocenters. The number of hydrogen-bond acceptors (Lipinski definition) is 5. The van der Waals surface area contributed by atoms with Crippen molar-refractivity contribution in [3.8, 4) is 11.5 Å². The monoisotopic (exact) mass is 380 g/mol. The van der Waals surface area contributed by atoms with Crippen LogP contribution in [0.15, 0.2) is 51.7 Å². The summed E-state index contributed by atoms with van der Waals surface area (Å²) in [5.41, 5.74) is 2.08. The van der Waals surface area contributed by atoms with E-state index < -0.39 is 5.76 Å². The Morgan fingerprint density at radius 1 is 1.11 bits per heavy atom. The summed E-state index contributed by atoms with van der Waals surface area (Å²) in [7, 11) is 0. The van der Waals surface area contributed by atoms with Gasteiger partial charge >= 0.3 is 5.76 Å². The van der Waals surface area contributed by atoms with Crippen molar-refractivity contribution in [3.63, 3.8) is 0 Å². The number of benzene rings is 2. The highest BCUT2D eigenvalue weighted by atomic mass is 16.6. The van der Waals surface area contributed by atoms with E-state index in [0.717, 1.165) is 24.2 Å². The summed E-state index contributed by atoms with van der Waals surface area (Å²) in [6.07, 6.45) is 2.13. The Morgan fingerprint density at radius 3 is 2.71 bits per heavy atom. The topological polar surface area (TPSA) is 82.7 Å². The first-order chi connectivity index (χ1) is 13.7. The fraction of sp³-hybridized carbons (Fsp3) is 0.333. The van der Waals surface area contributed by atoms with Crippen LogP contribution in [0.5, 0.6) is 11.5 Å². The lowest BCUT2D eigenvalue weighted by atomic mass is 10.0. The van der Waals surface area contributed by atoms with Gasteiger partial charge in [0, 0.05) is 0 Å². The number of aromatic nitrogens is 1. The fourth-order valence-electron chi connectivity index (χ4n) is 3.68. The van der Waals surface area contributed by atoms with E-state index in [-0.39, 0.29) is 18.5 Å². The summed E-state index contributed by atoms with van der Waals surface area (Å²) >= 11 is 0. The standard InChI is InChI=1S/C21H20N2O5/c24-19(12-23-15-3-1-2-4-16(15)28-21(23)25)22-20(13-5-6-13)14-7-8-17-18(11-14)27-10-9-26-17/h1-4,7-8,11,13,20H,5-6,9-10,12H2,(H,22,24). The van der Waals surface area contributed by atoms with Crippen molar-refractivity contribution < 1.29 is 18.7 Å². The molecule has 7 nitrogen and oxygen atoms in total. The van der Waals surface area contributed by atoms with Crippen LogP contribution in [0.2, 0.25) is 0 Å². The van der Waals surface area contributed by atoms with Crippen LogP contribution < -0.4 is 20.5 Å². The minimum absolute atomic E-state index is 0.0797. The summed E-state index contributed by atoms with van der Waals surface area (Å²) in [6, 6.07) is 12.8. The fourth-order valence-corrected chi connectivity index (χ4v) is 3.68. The van der Waals surface area contributed by atoms with Gasteiger partial charge < -0.3 is 19.2 Å². The van der Waals surface area contributed by atoms with Gasteiger partial charge in [0.1, 0.15) is 19.8 Å². The molecule has 7 heteroatoms. The first-order valence-corrected chi connectivity index (χ1v) is 9.46. The number of nitrogens with one attached hydrogen (secondary N) is 1. The van der Waals surface area contributed by atoms with E-state index in [1.807, 2.05) is 24.3 Å². The van der Waals surface area contributed by atoms with Gasteiger partial charge in [0.2, 0.25) is 5.91 Å². The van der Waals surface area contributed by atoms with Crippen LogP contribution in [0, 0.1) is 5.92 Å². The van der Waals surface area contributed by atoms with E-state index >= 15 is 0 Å². The number of rotatable bonds is 5. The molecule has 144 valence electrons. The van der Waals surface area contributed by atoms with Crippen LogP contribution in [-0.4, -0.2) is 23.7 Å². The molecule has 0 saturated heterocycles. The number of carbonyl (C=O) groups excluding carboxylic acids is 1. The van der Waals surface area contributed by atoms with Gasteiger partial charge in [0.05, 0.1) is 11.6 Å². The van der Waals surface area contributed by atoms with E-state index in [0.29, 0.717) is 36.0 Å². The summed E-state index contributed by atoms with van der Waals surface area (Å²) in [6.45, 7) is 0.986. The Morgan fingerprint density at radius 2 is 1.89 bits per heavy atom. The third-order valence-electron chi connectivity index (χ3n) is 5.21. The SMILES string of the molecule is O=C(Cn1c(=O)oc2ccccc21)NC(c1ccc2c(c1)OCCO2)C1CC1. The number of carbonyl (C=O) groups is 1. The molecule has 2 heterocycles. The molecule has 3 aromatic rings. The molecule has 0 bridgehead atoms. The maximum absolute atomic E-state index is 12.7.